The Balaban J connectivity index is 1.99. The van der Waals surface area contributed by atoms with Crippen molar-refractivity contribution in [2.75, 3.05) is 0 Å². The number of carbonyl (C=O) groups is 1. The summed E-state index contributed by atoms with van der Waals surface area (Å²) in [6, 6.07) is 13.4. The van der Waals surface area contributed by atoms with Crippen LogP contribution in [0.25, 0.3) is 5.65 Å². The SMILES string of the molecule is Cc1ccc(Cc2cn3c(C(=O)O)cccc3n2)cc1. The van der Waals surface area contributed by atoms with Gasteiger partial charge in [-0.3, -0.25) is 4.40 Å². The highest BCUT2D eigenvalue weighted by molar-refractivity contribution is 5.86. The molecule has 1 aromatic carbocycles. The minimum absolute atomic E-state index is 0.227. The number of carboxylic acids is 1. The molecule has 0 fully saturated rings. The van der Waals surface area contributed by atoms with Crippen molar-refractivity contribution in [1.29, 1.82) is 0 Å². The van der Waals surface area contributed by atoms with E-state index in [-0.39, 0.29) is 5.69 Å². The maximum absolute atomic E-state index is 11.2. The molecule has 0 spiro atoms. The van der Waals surface area contributed by atoms with Crippen molar-refractivity contribution in [3.05, 3.63) is 71.2 Å². The maximum atomic E-state index is 11.2. The highest BCUT2D eigenvalue weighted by Gasteiger charge is 2.10. The summed E-state index contributed by atoms with van der Waals surface area (Å²) in [7, 11) is 0. The molecule has 0 saturated heterocycles. The van der Waals surface area contributed by atoms with E-state index in [4.69, 9.17) is 5.11 Å². The fourth-order valence-electron chi connectivity index (χ4n) is 2.24. The Morgan fingerprint density at radius 2 is 1.95 bits per heavy atom. The third-order valence-electron chi connectivity index (χ3n) is 3.27. The molecule has 0 atom stereocenters. The molecule has 2 aromatic heterocycles. The molecule has 0 aliphatic heterocycles. The molecule has 1 N–H and O–H groups in total. The molecule has 0 unspecified atom stereocenters. The van der Waals surface area contributed by atoms with Gasteiger partial charge in [-0.15, -0.1) is 0 Å². The topological polar surface area (TPSA) is 54.6 Å². The van der Waals surface area contributed by atoms with Gasteiger partial charge in [0.2, 0.25) is 0 Å². The van der Waals surface area contributed by atoms with Crippen molar-refractivity contribution in [3.8, 4) is 0 Å². The van der Waals surface area contributed by atoms with Crippen LogP contribution in [-0.2, 0) is 6.42 Å². The van der Waals surface area contributed by atoms with Gasteiger partial charge in [-0.25, -0.2) is 9.78 Å². The van der Waals surface area contributed by atoms with Crippen LogP contribution < -0.4 is 0 Å². The van der Waals surface area contributed by atoms with Gasteiger partial charge >= 0.3 is 5.97 Å². The van der Waals surface area contributed by atoms with Crippen molar-refractivity contribution >= 4 is 11.6 Å². The van der Waals surface area contributed by atoms with Gasteiger partial charge in [0.1, 0.15) is 11.3 Å². The number of benzene rings is 1. The molecule has 4 nitrogen and oxygen atoms in total. The Kier molecular flexibility index (Phi) is 2.99. The van der Waals surface area contributed by atoms with Crippen LogP contribution in [0.15, 0.2) is 48.7 Å². The number of fused-ring (bicyclic) bond motifs is 1. The number of aromatic carboxylic acids is 1. The Hall–Kier alpha value is -2.62. The van der Waals surface area contributed by atoms with E-state index in [1.807, 2.05) is 13.0 Å². The number of pyridine rings is 1. The van der Waals surface area contributed by atoms with Crippen LogP contribution in [-0.4, -0.2) is 20.5 Å². The van der Waals surface area contributed by atoms with Gasteiger partial charge in [0.25, 0.3) is 0 Å². The summed E-state index contributed by atoms with van der Waals surface area (Å²) < 4.78 is 1.62. The average Bonchev–Trinajstić information content (AvgIpc) is 2.83. The molecule has 0 amide bonds. The van der Waals surface area contributed by atoms with Crippen molar-refractivity contribution < 1.29 is 9.90 Å². The largest absolute Gasteiger partial charge is 0.477 e. The molecule has 0 bridgehead atoms. The van der Waals surface area contributed by atoms with E-state index in [1.165, 1.54) is 5.56 Å². The number of nitrogens with zero attached hydrogens (tertiary/aromatic N) is 2. The number of carboxylic acid groups (broad SMARTS) is 1. The number of aromatic nitrogens is 2. The zero-order chi connectivity index (χ0) is 14.1. The van der Waals surface area contributed by atoms with Gasteiger partial charge in [-0.2, -0.15) is 0 Å². The third kappa shape index (κ3) is 2.28. The summed E-state index contributed by atoms with van der Waals surface area (Å²) in [5.41, 5.74) is 4.13. The summed E-state index contributed by atoms with van der Waals surface area (Å²) in [5, 5.41) is 9.16. The van der Waals surface area contributed by atoms with Gasteiger partial charge in [0, 0.05) is 12.6 Å². The molecule has 0 saturated carbocycles. The van der Waals surface area contributed by atoms with Crippen LogP contribution in [0.3, 0.4) is 0 Å². The first-order chi connectivity index (χ1) is 9.63. The molecule has 3 aromatic rings. The molecule has 3 rings (SSSR count). The summed E-state index contributed by atoms with van der Waals surface area (Å²) in [5.74, 6) is -0.949. The molecule has 0 aliphatic carbocycles. The summed E-state index contributed by atoms with van der Waals surface area (Å²) in [4.78, 5) is 15.6. The van der Waals surface area contributed by atoms with Crippen LogP contribution in [0.4, 0.5) is 0 Å². The fourth-order valence-corrected chi connectivity index (χ4v) is 2.24. The van der Waals surface area contributed by atoms with E-state index in [1.54, 1.807) is 22.7 Å². The van der Waals surface area contributed by atoms with E-state index >= 15 is 0 Å². The number of rotatable bonds is 3. The number of hydrogen-bond donors (Lipinski definition) is 1. The van der Waals surface area contributed by atoms with Crippen LogP contribution in [0, 0.1) is 6.92 Å². The lowest BCUT2D eigenvalue weighted by Crippen LogP contribution is -2.03. The first-order valence-corrected chi connectivity index (χ1v) is 6.39. The molecule has 0 radical (unpaired) electrons. The Labute approximate surface area is 116 Å². The fraction of sp³-hybridized carbons (Fsp3) is 0.125. The van der Waals surface area contributed by atoms with E-state index in [0.29, 0.717) is 12.1 Å². The van der Waals surface area contributed by atoms with Gasteiger partial charge in [0.05, 0.1) is 5.69 Å². The first-order valence-electron chi connectivity index (χ1n) is 6.39. The summed E-state index contributed by atoms with van der Waals surface area (Å²) >= 11 is 0. The lowest BCUT2D eigenvalue weighted by Gasteiger charge is -1.99. The molecule has 4 heteroatoms. The van der Waals surface area contributed by atoms with Crippen molar-refractivity contribution in [2.45, 2.75) is 13.3 Å². The first kappa shape index (κ1) is 12.4. The predicted octanol–water partition coefficient (Wildman–Crippen LogP) is 2.93. The van der Waals surface area contributed by atoms with E-state index in [0.717, 1.165) is 11.3 Å². The van der Waals surface area contributed by atoms with E-state index < -0.39 is 5.97 Å². The van der Waals surface area contributed by atoms with Crippen molar-refractivity contribution in [1.82, 2.24) is 9.38 Å². The third-order valence-corrected chi connectivity index (χ3v) is 3.27. The minimum Gasteiger partial charge on any atom is -0.477 e. The smallest absolute Gasteiger partial charge is 0.352 e. The zero-order valence-electron chi connectivity index (χ0n) is 11.1. The number of hydrogen-bond acceptors (Lipinski definition) is 2. The molecule has 100 valence electrons. The molecular weight excluding hydrogens is 252 g/mol. The van der Waals surface area contributed by atoms with Gasteiger partial charge < -0.3 is 5.11 Å². The Bertz CT molecular complexity index is 773. The zero-order valence-corrected chi connectivity index (χ0v) is 11.1. The van der Waals surface area contributed by atoms with E-state index in [2.05, 4.69) is 29.2 Å². The second kappa shape index (κ2) is 4.81. The van der Waals surface area contributed by atoms with Gasteiger partial charge in [-0.1, -0.05) is 35.9 Å². The Morgan fingerprint density at radius 3 is 2.65 bits per heavy atom. The Morgan fingerprint density at radius 1 is 1.20 bits per heavy atom. The quantitative estimate of drug-likeness (QED) is 0.793. The predicted molar refractivity (Wildman–Crippen MR) is 76.1 cm³/mol. The average molecular weight is 266 g/mol. The van der Waals surface area contributed by atoms with Crippen molar-refractivity contribution in [2.24, 2.45) is 0 Å². The van der Waals surface area contributed by atoms with E-state index in [9.17, 15) is 4.79 Å². The molecular formula is C16H14N2O2. The molecule has 2 heterocycles. The van der Waals surface area contributed by atoms with Crippen LogP contribution in [0.5, 0.6) is 0 Å². The van der Waals surface area contributed by atoms with Gasteiger partial charge in [0.15, 0.2) is 0 Å². The minimum atomic E-state index is -0.949. The second-order valence-electron chi connectivity index (χ2n) is 4.84. The normalized spacial score (nSPS) is 10.8. The van der Waals surface area contributed by atoms with Crippen LogP contribution in [0.2, 0.25) is 0 Å². The maximum Gasteiger partial charge on any atom is 0.352 e. The summed E-state index contributed by atoms with van der Waals surface area (Å²) in [6.45, 7) is 2.05. The standard InChI is InChI=1S/C16H14N2O2/c1-11-5-7-12(8-6-11)9-13-10-18-14(16(19)20)3-2-4-15(18)17-13/h2-8,10H,9H2,1H3,(H,19,20). The highest BCUT2D eigenvalue weighted by atomic mass is 16.4. The lowest BCUT2D eigenvalue weighted by atomic mass is 10.1. The number of imidazole rings is 1. The second-order valence-corrected chi connectivity index (χ2v) is 4.84. The van der Waals surface area contributed by atoms with Crippen LogP contribution in [0.1, 0.15) is 27.3 Å². The monoisotopic (exact) mass is 266 g/mol. The molecule has 0 aliphatic rings. The molecule has 20 heavy (non-hydrogen) atoms. The van der Waals surface area contributed by atoms with Crippen LogP contribution >= 0.6 is 0 Å². The summed E-state index contributed by atoms with van der Waals surface area (Å²) in [6.07, 6.45) is 2.49. The van der Waals surface area contributed by atoms with Gasteiger partial charge in [-0.05, 0) is 24.6 Å². The van der Waals surface area contributed by atoms with Crippen molar-refractivity contribution in [3.63, 3.8) is 0 Å². The lowest BCUT2D eigenvalue weighted by molar-refractivity contribution is 0.0689. The number of aryl methyl sites for hydroxylation is 1. The highest BCUT2D eigenvalue weighted by Crippen LogP contribution is 2.13.